The number of likely N-dealkylation sites (N-methyl/N-ethyl adjacent to an activating group) is 1. The van der Waals surface area contributed by atoms with E-state index in [1.807, 2.05) is 0 Å². The topological polar surface area (TPSA) is 15.3 Å². The summed E-state index contributed by atoms with van der Waals surface area (Å²) >= 11 is 0. The van der Waals surface area contributed by atoms with Crippen molar-refractivity contribution in [2.45, 2.75) is 58.0 Å². The molecule has 0 radical (unpaired) electrons. The van der Waals surface area contributed by atoms with Crippen LogP contribution >= 0.6 is 0 Å². The summed E-state index contributed by atoms with van der Waals surface area (Å²) < 4.78 is 0. The predicted octanol–water partition coefficient (Wildman–Crippen LogP) is 3.77. The largest absolute Gasteiger partial charge is 0.312 e. The Labute approximate surface area is 129 Å². The summed E-state index contributed by atoms with van der Waals surface area (Å²) in [6.07, 6.45) is 6.57. The molecule has 0 saturated carbocycles. The molecule has 2 nitrogen and oxygen atoms in total. The first kappa shape index (κ1) is 15.1. The van der Waals surface area contributed by atoms with Crippen molar-refractivity contribution >= 4 is 0 Å². The molecule has 2 unspecified atom stereocenters. The summed E-state index contributed by atoms with van der Waals surface area (Å²) in [6, 6.07) is 10.2. The molecule has 2 heteroatoms. The van der Waals surface area contributed by atoms with Crippen LogP contribution < -0.4 is 5.32 Å². The molecule has 0 spiro atoms. The Morgan fingerprint density at radius 2 is 2.00 bits per heavy atom. The predicted molar refractivity (Wildman–Crippen MR) is 89.6 cm³/mol. The van der Waals surface area contributed by atoms with E-state index >= 15 is 0 Å². The minimum absolute atomic E-state index is 0.500. The first-order chi connectivity index (χ1) is 10.2. The monoisotopic (exact) mass is 286 g/mol. The molecule has 1 aromatic carbocycles. The van der Waals surface area contributed by atoms with Crippen molar-refractivity contribution in [3.05, 3.63) is 35.4 Å². The number of nitrogens with zero attached hydrogens (tertiary/aromatic N) is 1. The SMILES string of the molecule is CCC1(CC)CCN(C2CCc3ccccc3C2NC)C1. The fraction of sp³-hybridized carbons (Fsp3) is 0.684. The smallest absolute Gasteiger partial charge is 0.0478 e. The van der Waals surface area contributed by atoms with Gasteiger partial charge in [-0.15, -0.1) is 0 Å². The molecule has 2 atom stereocenters. The van der Waals surface area contributed by atoms with Gasteiger partial charge in [-0.2, -0.15) is 0 Å². The minimum Gasteiger partial charge on any atom is -0.312 e. The van der Waals surface area contributed by atoms with E-state index in [4.69, 9.17) is 0 Å². The molecular formula is C19H30N2. The lowest BCUT2D eigenvalue weighted by atomic mass is 9.81. The van der Waals surface area contributed by atoms with Crippen LogP contribution in [0.1, 0.15) is 56.7 Å². The molecule has 1 saturated heterocycles. The molecule has 2 aliphatic rings. The molecular weight excluding hydrogens is 256 g/mol. The van der Waals surface area contributed by atoms with Crippen LogP contribution in [0.25, 0.3) is 0 Å². The normalized spacial score (nSPS) is 28.5. The Hall–Kier alpha value is -0.860. The Kier molecular flexibility index (Phi) is 4.37. The highest BCUT2D eigenvalue weighted by atomic mass is 15.2. The number of rotatable bonds is 4. The van der Waals surface area contributed by atoms with Gasteiger partial charge in [0, 0.05) is 18.6 Å². The van der Waals surface area contributed by atoms with Crippen molar-refractivity contribution in [2.24, 2.45) is 5.41 Å². The van der Waals surface area contributed by atoms with E-state index in [0.717, 1.165) is 0 Å². The van der Waals surface area contributed by atoms with Crippen molar-refractivity contribution in [1.82, 2.24) is 10.2 Å². The average molecular weight is 286 g/mol. The maximum Gasteiger partial charge on any atom is 0.0478 e. The number of fused-ring (bicyclic) bond motifs is 1. The lowest BCUT2D eigenvalue weighted by Crippen LogP contribution is -2.46. The van der Waals surface area contributed by atoms with Crippen LogP contribution in [0.3, 0.4) is 0 Å². The second-order valence-electron chi connectivity index (χ2n) is 7.00. The van der Waals surface area contributed by atoms with Crippen molar-refractivity contribution in [2.75, 3.05) is 20.1 Å². The Morgan fingerprint density at radius 3 is 2.67 bits per heavy atom. The molecule has 1 aliphatic heterocycles. The molecule has 1 fully saturated rings. The van der Waals surface area contributed by atoms with E-state index in [2.05, 4.69) is 55.4 Å². The van der Waals surface area contributed by atoms with E-state index in [1.54, 1.807) is 5.56 Å². The second-order valence-corrected chi connectivity index (χ2v) is 7.00. The zero-order valence-corrected chi connectivity index (χ0v) is 13.9. The highest BCUT2D eigenvalue weighted by Gasteiger charge is 2.41. The number of nitrogens with one attached hydrogen (secondary N) is 1. The summed E-state index contributed by atoms with van der Waals surface area (Å²) in [5.41, 5.74) is 3.65. The van der Waals surface area contributed by atoms with Gasteiger partial charge in [0.05, 0.1) is 0 Å². The Balaban J connectivity index is 1.81. The van der Waals surface area contributed by atoms with E-state index < -0.39 is 0 Å². The molecule has 1 heterocycles. The quantitative estimate of drug-likeness (QED) is 0.906. The highest BCUT2D eigenvalue weighted by Crippen LogP contribution is 2.41. The van der Waals surface area contributed by atoms with Crippen molar-refractivity contribution in [3.8, 4) is 0 Å². The third-order valence-corrected chi connectivity index (χ3v) is 6.23. The van der Waals surface area contributed by atoms with Crippen molar-refractivity contribution < 1.29 is 0 Å². The molecule has 0 amide bonds. The van der Waals surface area contributed by atoms with Crippen LogP contribution in [0, 0.1) is 5.41 Å². The van der Waals surface area contributed by atoms with Gasteiger partial charge in [-0.3, -0.25) is 4.90 Å². The number of benzene rings is 1. The third-order valence-electron chi connectivity index (χ3n) is 6.23. The van der Waals surface area contributed by atoms with E-state index in [0.29, 0.717) is 17.5 Å². The Morgan fingerprint density at radius 1 is 1.24 bits per heavy atom. The maximum atomic E-state index is 3.61. The number of hydrogen-bond acceptors (Lipinski definition) is 2. The summed E-state index contributed by atoms with van der Waals surface area (Å²) in [5.74, 6) is 0. The molecule has 0 bridgehead atoms. The van der Waals surface area contributed by atoms with Crippen LogP contribution in [-0.2, 0) is 6.42 Å². The molecule has 1 aromatic rings. The molecule has 116 valence electrons. The first-order valence-electron chi connectivity index (χ1n) is 8.72. The number of hydrogen-bond donors (Lipinski definition) is 1. The maximum absolute atomic E-state index is 3.61. The number of aryl methyl sites for hydroxylation is 1. The van der Waals surface area contributed by atoms with E-state index in [9.17, 15) is 0 Å². The fourth-order valence-corrected chi connectivity index (χ4v) is 4.56. The van der Waals surface area contributed by atoms with Crippen LogP contribution in [0.4, 0.5) is 0 Å². The van der Waals surface area contributed by atoms with Gasteiger partial charge in [-0.1, -0.05) is 38.1 Å². The summed E-state index contributed by atoms with van der Waals surface area (Å²) in [4.78, 5) is 2.78. The molecule has 0 aromatic heterocycles. The van der Waals surface area contributed by atoms with Gasteiger partial charge in [0.1, 0.15) is 0 Å². The average Bonchev–Trinajstić information content (AvgIpc) is 2.98. The van der Waals surface area contributed by atoms with Crippen LogP contribution in [0.5, 0.6) is 0 Å². The zero-order valence-electron chi connectivity index (χ0n) is 13.9. The molecule has 1 aliphatic carbocycles. The summed E-state index contributed by atoms with van der Waals surface area (Å²) in [5, 5.41) is 3.61. The van der Waals surface area contributed by atoms with Crippen molar-refractivity contribution in [1.29, 1.82) is 0 Å². The standard InChI is InChI=1S/C19H30N2/c1-4-19(5-2)12-13-21(14-19)17-11-10-15-8-6-7-9-16(15)18(17)20-3/h6-9,17-18,20H,4-5,10-14H2,1-3H3. The van der Waals surface area contributed by atoms with Gasteiger partial charge in [0.25, 0.3) is 0 Å². The van der Waals surface area contributed by atoms with Crippen molar-refractivity contribution in [3.63, 3.8) is 0 Å². The second kappa shape index (κ2) is 6.10. The van der Waals surface area contributed by atoms with Gasteiger partial charge in [0.2, 0.25) is 0 Å². The number of likely N-dealkylation sites (tertiary alicyclic amines) is 1. The first-order valence-corrected chi connectivity index (χ1v) is 8.72. The van der Waals surface area contributed by atoms with E-state index in [1.165, 1.54) is 50.8 Å². The van der Waals surface area contributed by atoms with Gasteiger partial charge >= 0.3 is 0 Å². The van der Waals surface area contributed by atoms with Gasteiger partial charge in [-0.25, -0.2) is 0 Å². The van der Waals surface area contributed by atoms with Gasteiger partial charge in [0.15, 0.2) is 0 Å². The third kappa shape index (κ3) is 2.64. The molecule has 3 rings (SSSR count). The van der Waals surface area contributed by atoms with Gasteiger partial charge in [-0.05, 0) is 62.2 Å². The Bertz CT molecular complexity index is 478. The summed E-state index contributed by atoms with van der Waals surface area (Å²) in [6.45, 7) is 7.33. The minimum atomic E-state index is 0.500. The molecule has 1 N–H and O–H groups in total. The zero-order chi connectivity index (χ0) is 14.9. The van der Waals surface area contributed by atoms with Crippen LogP contribution in [0.2, 0.25) is 0 Å². The lowest BCUT2D eigenvalue weighted by molar-refractivity contribution is 0.149. The summed E-state index contributed by atoms with van der Waals surface area (Å²) in [7, 11) is 2.13. The van der Waals surface area contributed by atoms with Crippen LogP contribution in [0.15, 0.2) is 24.3 Å². The van der Waals surface area contributed by atoms with Gasteiger partial charge < -0.3 is 5.32 Å². The lowest BCUT2D eigenvalue weighted by Gasteiger charge is -2.40. The molecule has 21 heavy (non-hydrogen) atoms. The fourth-order valence-electron chi connectivity index (χ4n) is 4.56. The van der Waals surface area contributed by atoms with E-state index in [-0.39, 0.29) is 0 Å². The van der Waals surface area contributed by atoms with Crippen LogP contribution in [-0.4, -0.2) is 31.1 Å². The highest BCUT2D eigenvalue weighted by molar-refractivity contribution is 5.34.